The predicted molar refractivity (Wildman–Crippen MR) is 162 cm³/mol. The number of nitrogens with zero attached hydrogens (tertiary/aromatic N) is 3. The number of ether oxygens (including phenoxy) is 3. The third-order valence-electron chi connectivity index (χ3n) is 7.99. The van der Waals surface area contributed by atoms with E-state index in [2.05, 4.69) is 15.7 Å². The molecule has 2 heterocycles. The van der Waals surface area contributed by atoms with Crippen LogP contribution in [0.5, 0.6) is 23.0 Å². The van der Waals surface area contributed by atoms with Gasteiger partial charge in [-0.05, 0) is 60.2 Å². The summed E-state index contributed by atoms with van der Waals surface area (Å²) in [5.74, 6) is 0.0948. The van der Waals surface area contributed by atoms with Crippen LogP contribution in [0, 0.1) is 10.1 Å². The van der Waals surface area contributed by atoms with Crippen LogP contribution >= 0.6 is 11.6 Å². The van der Waals surface area contributed by atoms with Gasteiger partial charge < -0.3 is 24.8 Å². The number of benzene rings is 3. The van der Waals surface area contributed by atoms with Crippen molar-refractivity contribution in [3.8, 4) is 23.0 Å². The fourth-order valence-electron chi connectivity index (χ4n) is 5.78. The molecule has 0 spiro atoms. The Labute approximate surface area is 265 Å². The molecule has 4 aromatic rings. The maximum absolute atomic E-state index is 14.3. The number of nitrogens with one attached hydrogen (secondary N) is 2. The van der Waals surface area contributed by atoms with E-state index in [1.807, 2.05) is 12.1 Å². The van der Waals surface area contributed by atoms with Crippen LogP contribution in [0.1, 0.15) is 52.1 Å². The van der Waals surface area contributed by atoms with Crippen LogP contribution in [0.25, 0.3) is 0 Å². The molecule has 15 heteroatoms. The fraction of sp³-hybridized carbons (Fsp3) is 0.290. The van der Waals surface area contributed by atoms with Crippen molar-refractivity contribution in [1.82, 2.24) is 9.78 Å². The van der Waals surface area contributed by atoms with E-state index in [4.69, 9.17) is 25.8 Å². The second-order valence-corrected chi connectivity index (χ2v) is 11.3. The molecule has 0 unspecified atom stereocenters. The van der Waals surface area contributed by atoms with E-state index in [9.17, 15) is 28.1 Å². The second kappa shape index (κ2) is 12.1. The van der Waals surface area contributed by atoms with Gasteiger partial charge in [-0.1, -0.05) is 23.7 Å². The molecule has 1 aliphatic carbocycles. The molecule has 2 aliphatic rings. The molecule has 2 N–H and O–H groups in total. The van der Waals surface area contributed by atoms with E-state index in [0.717, 1.165) is 30.9 Å². The summed E-state index contributed by atoms with van der Waals surface area (Å²) in [6.07, 6.45) is -2.30. The molecule has 1 aromatic heterocycles. The number of methoxy groups -OCH3 is 2. The summed E-state index contributed by atoms with van der Waals surface area (Å²) in [4.78, 5) is 24.4. The number of amides is 1. The van der Waals surface area contributed by atoms with Crippen molar-refractivity contribution in [1.29, 1.82) is 0 Å². The summed E-state index contributed by atoms with van der Waals surface area (Å²) >= 11 is 6.49. The number of hydrogen-bond donors (Lipinski definition) is 2. The lowest BCUT2D eigenvalue weighted by molar-refractivity contribution is -0.384. The first kappa shape index (κ1) is 31.0. The number of halogens is 4. The Kier molecular flexibility index (Phi) is 8.15. The van der Waals surface area contributed by atoms with Crippen LogP contribution < -0.4 is 24.8 Å². The second-order valence-electron chi connectivity index (χ2n) is 10.9. The number of hydrogen-bond acceptors (Lipinski definition) is 8. The summed E-state index contributed by atoms with van der Waals surface area (Å²) < 4.78 is 60.0. The quantitative estimate of drug-likeness (QED) is 0.146. The zero-order valence-corrected chi connectivity index (χ0v) is 25.2. The highest BCUT2D eigenvalue weighted by molar-refractivity contribution is 6.36. The number of anilines is 2. The van der Waals surface area contributed by atoms with E-state index in [1.54, 1.807) is 24.3 Å². The minimum Gasteiger partial charge on any atom is -0.493 e. The SMILES string of the molecule is COc1ccc([C@H]2C[C@@H](C(F)(F)F)n3nc(C(=O)Nc4cc(Oc5ccc6c(c5)CCC6)cc([N+](=O)[O-])c4)c(Cl)c3N2)cc1OC. The maximum atomic E-state index is 14.3. The lowest BCUT2D eigenvalue weighted by atomic mass is 9.96. The molecule has 0 fully saturated rings. The fourth-order valence-corrected chi connectivity index (χ4v) is 6.05. The highest BCUT2D eigenvalue weighted by atomic mass is 35.5. The standard InChI is InChI=1S/C31H27ClF3N5O6/c1-44-24-9-7-18(11-25(24)45-2)23-15-26(31(33,34)35)39-29(37-23)27(32)28(38-39)30(41)36-19-12-20(40(42)43)14-22(13-19)46-21-8-6-16-4-3-5-17(16)10-21/h6-14,23,26,37H,3-5,15H2,1-2H3,(H,36,41)/t23-,26+/m1/s1. The Morgan fingerprint density at radius 1 is 1.04 bits per heavy atom. The normalized spacial score (nSPS) is 17.0. The van der Waals surface area contributed by atoms with Gasteiger partial charge in [-0.25, -0.2) is 4.68 Å². The van der Waals surface area contributed by atoms with Crippen molar-refractivity contribution in [3.05, 3.63) is 92.1 Å². The molecule has 6 rings (SSSR count). The number of carbonyl (C=O) groups is 1. The molecular weight excluding hydrogens is 631 g/mol. The van der Waals surface area contributed by atoms with Crippen LogP contribution in [0.2, 0.25) is 5.02 Å². The summed E-state index contributed by atoms with van der Waals surface area (Å²) in [5.41, 5.74) is 1.90. The third-order valence-corrected chi connectivity index (χ3v) is 8.34. The lowest BCUT2D eigenvalue weighted by Gasteiger charge is -2.33. The van der Waals surface area contributed by atoms with Crippen molar-refractivity contribution in [2.45, 2.75) is 43.9 Å². The molecule has 0 saturated carbocycles. The van der Waals surface area contributed by atoms with Crippen molar-refractivity contribution >= 4 is 34.7 Å². The topological polar surface area (TPSA) is 130 Å². The zero-order valence-electron chi connectivity index (χ0n) is 24.5. The average molecular weight is 658 g/mol. The summed E-state index contributed by atoms with van der Waals surface area (Å²) in [5, 5.41) is 20.7. The van der Waals surface area contributed by atoms with Gasteiger partial charge in [-0.15, -0.1) is 0 Å². The van der Waals surface area contributed by atoms with E-state index in [1.165, 1.54) is 31.9 Å². The predicted octanol–water partition coefficient (Wildman–Crippen LogP) is 7.66. The van der Waals surface area contributed by atoms with Crippen LogP contribution in [-0.4, -0.2) is 41.0 Å². The number of nitro benzene ring substituents is 1. The van der Waals surface area contributed by atoms with Gasteiger partial charge in [-0.2, -0.15) is 18.3 Å². The summed E-state index contributed by atoms with van der Waals surface area (Å²) in [6, 6.07) is 11.0. The number of non-ortho nitro benzene ring substituents is 1. The van der Waals surface area contributed by atoms with Crippen LogP contribution in [0.15, 0.2) is 54.6 Å². The van der Waals surface area contributed by atoms with Crippen LogP contribution in [-0.2, 0) is 12.8 Å². The molecule has 3 aromatic carbocycles. The van der Waals surface area contributed by atoms with Crippen molar-refractivity contribution in [3.63, 3.8) is 0 Å². The van der Waals surface area contributed by atoms with Gasteiger partial charge in [0.25, 0.3) is 11.6 Å². The molecule has 2 atom stereocenters. The molecule has 1 amide bonds. The van der Waals surface area contributed by atoms with Gasteiger partial charge in [0.15, 0.2) is 23.2 Å². The molecule has 1 aliphatic heterocycles. The van der Waals surface area contributed by atoms with Gasteiger partial charge in [0, 0.05) is 18.6 Å². The number of aromatic nitrogens is 2. The number of fused-ring (bicyclic) bond motifs is 2. The smallest absolute Gasteiger partial charge is 0.410 e. The monoisotopic (exact) mass is 657 g/mol. The Balaban J connectivity index is 1.29. The molecule has 0 bridgehead atoms. The Morgan fingerprint density at radius 2 is 1.80 bits per heavy atom. The Bertz CT molecular complexity index is 1850. The number of nitro groups is 1. The number of carbonyl (C=O) groups excluding carboxylic acids is 1. The maximum Gasteiger partial charge on any atom is 0.410 e. The first-order valence-electron chi connectivity index (χ1n) is 14.2. The molecule has 0 radical (unpaired) electrons. The van der Waals surface area contributed by atoms with Gasteiger partial charge in [-0.3, -0.25) is 14.9 Å². The van der Waals surface area contributed by atoms with Crippen molar-refractivity contribution < 1.29 is 37.1 Å². The van der Waals surface area contributed by atoms with Gasteiger partial charge >= 0.3 is 6.18 Å². The minimum absolute atomic E-state index is 0.0408. The van der Waals surface area contributed by atoms with Gasteiger partial charge in [0.2, 0.25) is 0 Å². The largest absolute Gasteiger partial charge is 0.493 e. The summed E-state index contributed by atoms with van der Waals surface area (Å²) in [7, 11) is 2.85. The number of rotatable bonds is 8. The Morgan fingerprint density at radius 3 is 2.52 bits per heavy atom. The van der Waals surface area contributed by atoms with Crippen LogP contribution in [0.3, 0.4) is 0 Å². The molecule has 240 valence electrons. The average Bonchev–Trinajstić information content (AvgIpc) is 3.63. The first-order valence-corrected chi connectivity index (χ1v) is 14.6. The molecule has 46 heavy (non-hydrogen) atoms. The van der Waals surface area contributed by atoms with Crippen molar-refractivity contribution in [2.24, 2.45) is 0 Å². The molecular formula is C31H27ClF3N5O6. The molecule has 11 nitrogen and oxygen atoms in total. The van der Waals surface area contributed by atoms with Gasteiger partial charge in [0.05, 0.1) is 36.9 Å². The van der Waals surface area contributed by atoms with Crippen LogP contribution in [0.4, 0.5) is 30.4 Å². The minimum atomic E-state index is -4.74. The van der Waals surface area contributed by atoms with Crippen molar-refractivity contribution in [2.75, 3.05) is 24.9 Å². The summed E-state index contributed by atoms with van der Waals surface area (Å²) in [6.45, 7) is 0. The molecule has 0 saturated heterocycles. The zero-order chi connectivity index (χ0) is 32.7. The van der Waals surface area contributed by atoms with E-state index >= 15 is 0 Å². The van der Waals surface area contributed by atoms with Gasteiger partial charge in [0.1, 0.15) is 22.3 Å². The third kappa shape index (κ3) is 5.99. The number of aryl methyl sites for hydroxylation is 2. The van der Waals surface area contributed by atoms with E-state index in [-0.39, 0.29) is 28.0 Å². The highest BCUT2D eigenvalue weighted by Crippen LogP contribution is 2.47. The number of alkyl halides is 3. The first-order chi connectivity index (χ1) is 21.9. The highest BCUT2D eigenvalue weighted by Gasteiger charge is 2.48. The Hall–Kier alpha value is -4.98. The lowest BCUT2D eigenvalue weighted by Crippen LogP contribution is -2.35. The van der Waals surface area contributed by atoms with E-state index in [0.29, 0.717) is 27.5 Å². The van der Waals surface area contributed by atoms with E-state index < -0.39 is 41.2 Å².